The Morgan fingerprint density at radius 3 is 2.94 bits per heavy atom. The van der Waals surface area contributed by atoms with Gasteiger partial charge in [-0.15, -0.1) is 0 Å². The Hall–Kier alpha value is -2.22. The summed E-state index contributed by atoms with van der Waals surface area (Å²) in [5.41, 5.74) is 1.93. The number of rotatable bonds is 6. The van der Waals surface area contributed by atoms with E-state index in [2.05, 4.69) is 11.0 Å². The summed E-state index contributed by atoms with van der Waals surface area (Å²) < 4.78 is 17.6. The fourth-order valence-electron chi connectivity index (χ4n) is 7.43. The second-order valence-electron chi connectivity index (χ2n) is 10.9. The van der Waals surface area contributed by atoms with Crippen molar-refractivity contribution >= 4 is 23.0 Å². The quantitative estimate of drug-likeness (QED) is 0.605. The molecule has 7 heteroatoms. The highest BCUT2D eigenvalue weighted by atomic mass is 32.2. The van der Waals surface area contributed by atoms with Gasteiger partial charge in [0, 0.05) is 23.7 Å². The average Bonchev–Trinajstić information content (AvgIpc) is 3.36. The summed E-state index contributed by atoms with van der Waals surface area (Å²) in [6, 6.07) is 6.11. The molecule has 5 atom stereocenters. The van der Waals surface area contributed by atoms with Crippen LogP contribution in [0.4, 0.5) is 0 Å². The number of methoxy groups -OCH3 is 1. The number of nitrogens with zero attached hydrogens (tertiary/aromatic N) is 1. The zero-order chi connectivity index (χ0) is 23.8. The van der Waals surface area contributed by atoms with Crippen LogP contribution >= 0.6 is 11.8 Å². The molecule has 1 aromatic heterocycles. The van der Waals surface area contributed by atoms with Gasteiger partial charge in [-0.3, -0.25) is 9.69 Å². The lowest BCUT2D eigenvalue weighted by molar-refractivity contribution is -0.184. The number of thioether (sulfide) groups is 1. The first-order chi connectivity index (χ1) is 17.0. The largest absolute Gasteiger partial charge is 0.493 e. The highest BCUT2D eigenvalue weighted by molar-refractivity contribution is 8.14. The molecule has 3 aliphatic carbocycles. The zero-order valence-corrected chi connectivity index (χ0v) is 20.8. The van der Waals surface area contributed by atoms with E-state index >= 15 is 0 Å². The smallest absolute Gasteiger partial charge is 0.212 e. The first-order valence-corrected chi connectivity index (χ1v) is 13.7. The molecular weight excluding hydrogens is 462 g/mol. The molecule has 1 aromatic carbocycles. The van der Waals surface area contributed by atoms with Crippen molar-refractivity contribution in [1.29, 1.82) is 0 Å². The Morgan fingerprint density at radius 2 is 2.17 bits per heavy atom. The SMILES string of the molecule is COc1ccc2c3c1OC1C(SC(=O)/C=C/c4ccoc4)CCC4(O)[C@@H](C2)N(CC2CC2)CC[C@]314. The van der Waals surface area contributed by atoms with Gasteiger partial charge in [0.1, 0.15) is 6.10 Å². The second kappa shape index (κ2) is 7.89. The van der Waals surface area contributed by atoms with E-state index < -0.39 is 11.0 Å². The summed E-state index contributed by atoms with van der Waals surface area (Å²) in [5, 5.41) is 12.5. The van der Waals surface area contributed by atoms with Gasteiger partial charge in [-0.05, 0) is 80.8 Å². The number of ether oxygens (including phenoxy) is 2. The number of hydrogen-bond acceptors (Lipinski definition) is 7. The van der Waals surface area contributed by atoms with Gasteiger partial charge in [-0.25, -0.2) is 0 Å². The van der Waals surface area contributed by atoms with E-state index in [1.807, 2.05) is 12.1 Å². The van der Waals surface area contributed by atoms with E-state index in [4.69, 9.17) is 13.9 Å². The number of carbonyl (C=O) groups excluding carboxylic acids is 1. The summed E-state index contributed by atoms with van der Waals surface area (Å²) in [7, 11) is 1.67. The maximum atomic E-state index is 13.0. The normalized spacial score (nSPS) is 35.1. The van der Waals surface area contributed by atoms with E-state index in [0.717, 1.165) is 60.9 Å². The number of likely N-dealkylation sites (tertiary alicyclic amines) is 1. The third kappa shape index (κ3) is 3.14. The van der Waals surface area contributed by atoms with Crippen LogP contribution in [0.2, 0.25) is 0 Å². The highest BCUT2D eigenvalue weighted by Gasteiger charge is 2.73. The van der Waals surface area contributed by atoms with Crippen LogP contribution in [0.1, 0.15) is 48.8 Å². The van der Waals surface area contributed by atoms with E-state index in [-0.39, 0.29) is 22.5 Å². The molecule has 6 nitrogen and oxygen atoms in total. The van der Waals surface area contributed by atoms with Crippen molar-refractivity contribution in [2.45, 2.75) is 66.9 Å². The number of aliphatic hydroxyl groups is 1. The second-order valence-corrected chi connectivity index (χ2v) is 12.1. The third-order valence-electron chi connectivity index (χ3n) is 9.14. The first kappa shape index (κ1) is 22.0. The van der Waals surface area contributed by atoms with Crippen molar-refractivity contribution < 1.29 is 23.8 Å². The van der Waals surface area contributed by atoms with Crippen LogP contribution in [-0.4, -0.2) is 58.3 Å². The van der Waals surface area contributed by atoms with Crippen LogP contribution in [0, 0.1) is 5.92 Å². The third-order valence-corrected chi connectivity index (χ3v) is 10.3. The molecule has 1 spiro atoms. The number of benzene rings is 1. The highest BCUT2D eigenvalue weighted by Crippen LogP contribution is 2.66. The topological polar surface area (TPSA) is 72.1 Å². The van der Waals surface area contributed by atoms with Crippen molar-refractivity contribution in [3.8, 4) is 11.5 Å². The van der Waals surface area contributed by atoms with Gasteiger partial charge in [0.15, 0.2) is 11.5 Å². The van der Waals surface area contributed by atoms with Crippen LogP contribution < -0.4 is 9.47 Å². The molecule has 5 aliphatic rings. The summed E-state index contributed by atoms with van der Waals surface area (Å²) >= 11 is 1.35. The zero-order valence-electron chi connectivity index (χ0n) is 19.9. The molecule has 7 rings (SSSR count). The van der Waals surface area contributed by atoms with Gasteiger partial charge in [-0.2, -0.15) is 0 Å². The molecule has 2 saturated carbocycles. The van der Waals surface area contributed by atoms with Gasteiger partial charge in [0.05, 0.1) is 35.9 Å². The van der Waals surface area contributed by atoms with Crippen LogP contribution in [0.3, 0.4) is 0 Å². The van der Waals surface area contributed by atoms with Crippen molar-refractivity contribution in [2.24, 2.45) is 5.92 Å². The minimum Gasteiger partial charge on any atom is -0.493 e. The summed E-state index contributed by atoms with van der Waals surface area (Å²) in [6.45, 7) is 2.05. The van der Waals surface area contributed by atoms with Crippen molar-refractivity contribution in [1.82, 2.24) is 4.90 Å². The summed E-state index contributed by atoms with van der Waals surface area (Å²) in [5.74, 6) is 2.29. The molecule has 184 valence electrons. The maximum Gasteiger partial charge on any atom is 0.212 e. The average molecular weight is 494 g/mol. The fraction of sp³-hybridized carbons (Fsp3) is 0.536. The molecule has 3 unspecified atom stereocenters. The molecule has 1 N–H and O–H groups in total. The predicted molar refractivity (Wildman–Crippen MR) is 134 cm³/mol. The molecule has 2 aromatic rings. The van der Waals surface area contributed by atoms with Gasteiger partial charge >= 0.3 is 0 Å². The first-order valence-electron chi connectivity index (χ1n) is 12.8. The monoisotopic (exact) mass is 493 g/mol. The van der Waals surface area contributed by atoms with Crippen LogP contribution in [0.5, 0.6) is 11.5 Å². The number of furan rings is 1. The Labute approximate surface area is 209 Å². The van der Waals surface area contributed by atoms with E-state index in [1.54, 1.807) is 31.8 Å². The fourth-order valence-corrected chi connectivity index (χ4v) is 8.52. The maximum absolute atomic E-state index is 13.0. The molecule has 3 heterocycles. The molecule has 35 heavy (non-hydrogen) atoms. The number of carbonyl (C=O) groups is 1. The van der Waals surface area contributed by atoms with Crippen LogP contribution in [0.15, 0.2) is 41.2 Å². The number of hydrogen-bond donors (Lipinski definition) is 1. The van der Waals surface area contributed by atoms with E-state index in [1.165, 1.54) is 30.2 Å². The predicted octanol–water partition coefficient (Wildman–Crippen LogP) is 4.19. The van der Waals surface area contributed by atoms with Gasteiger partial charge < -0.3 is 19.0 Å². The molecule has 2 aliphatic heterocycles. The van der Waals surface area contributed by atoms with E-state index in [0.29, 0.717) is 6.42 Å². The van der Waals surface area contributed by atoms with Gasteiger partial charge in [0.25, 0.3) is 0 Å². The molecule has 3 fully saturated rings. The van der Waals surface area contributed by atoms with Crippen LogP contribution in [-0.2, 0) is 16.6 Å². The van der Waals surface area contributed by atoms with Gasteiger partial charge in [0.2, 0.25) is 5.12 Å². The van der Waals surface area contributed by atoms with Crippen molar-refractivity contribution in [3.63, 3.8) is 0 Å². The Kier molecular flexibility index (Phi) is 4.96. The minimum atomic E-state index is -0.859. The van der Waals surface area contributed by atoms with Gasteiger partial charge in [-0.1, -0.05) is 17.8 Å². The Bertz CT molecular complexity index is 1190. The Balaban J connectivity index is 1.26. The lowest BCUT2D eigenvalue weighted by atomic mass is 9.49. The molecule has 2 bridgehead atoms. The molecule has 1 saturated heterocycles. The lowest BCUT2D eigenvalue weighted by Crippen LogP contribution is -2.77. The Morgan fingerprint density at radius 1 is 1.29 bits per heavy atom. The molecule has 0 radical (unpaired) electrons. The summed E-state index contributed by atoms with van der Waals surface area (Å²) in [4.78, 5) is 15.5. The van der Waals surface area contributed by atoms with Crippen LogP contribution in [0.25, 0.3) is 6.08 Å². The molecule has 0 amide bonds. The van der Waals surface area contributed by atoms with Crippen molar-refractivity contribution in [3.05, 3.63) is 53.5 Å². The van der Waals surface area contributed by atoms with E-state index in [9.17, 15) is 9.90 Å². The minimum absolute atomic E-state index is 0.00307. The summed E-state index contributed by atoms with van der Waals surface area (Å²) in [6.07, 6.45) is 12.1. The standard InChI is InChI=1S/C28H31NO5S/c1-32-20-6-5-19-14-22-28(31)10-8-21(35-23(30)7-4-18-9-13-33-16-18)26-27(28,24(19)25(20)34-26)11-12-29(22)15-17-2-3-17/h4-7,9,13,16-17,21-22,26,31H,2-3,8,10-12,14-15H2,1H3/b7-4+/t21?,22-,26?,27+,28?/m1/s1. The van der Waals surface area contributed by atoms with Crippen molar-refractivity contribution in [2.75, 3.05) is 20.2 Å². The lowest BCUT2D eigenvalue weighted by Gasteiger charge is -2.64. The molecular formula is C28H31NO5S. The number of piperidine rings is 1.